The highest BCUT2D eigenvalue weighted by atomic mass is 35.5. The number of amides is 1. The van der Waals surface area contributed by atoms with Gasteiger partial charge in [0.05, 0.1) is 0 Å². The second-order valence-electron chi connectivity index (χ2n) is 4.87. The number of nitrogens with one attached hydrogen (secondary N) is 1. The molecule has 2 aromatic heterocycles. The van der Waals surface area contributed by atoms with Gasteiger partial charge in [-0.1, -0.05) is 28.9 Å². The van der Waals surface area contributed by atoms with Crippen molar-refractivity contribution in [3.8, 4) is 11.4 Å². The third-order valence-corrected chi connectivity index (χ3v) is 3.46. The molecule has 23 heavy (non-hydrogen) atoms. The van der Waals surface area contributed by atoms with Crippen LogP contribution in [0, 0.1) is 0 Å². The molecule has 1 aromatic carbocycles. The Morgan fingerprint density at radius 1 is 1.39 bits per heavy atom. The van der Waals surface area contributed by atoms with Gasteiger partial charge in [-0.25, -0.2) is 0 Å². The summed E-state index contributed by atoms with van der Waals surface area (Å²) in [5.41, 5.74) is 1.28. The molecule has 0 saturated carbocycles. The minimum absolute atomic E-state index is 0.195. The molecule has 0 saturated heterocycles. The zero-order chi connectivity index (χ0) is 16.2. The topological polar surface area (TPSA) is 85.8 Å². The van der Waals surface area contributed by atoms with Crippen LogP contribution < -0.4 is 5.32 Å². The van der Waals surface area contributed by atoms with Crippen LogP contribution in [-0.2, 0) is 13.5 Å². The molecule has 1 amide bonds. The predicted octanol–water partition coefficient (Wildman–Crippen LogP) is 2.10. The van der Waals surface area contributed by atoms with Crippen LogP contribution in [-0.4, -0.2) is 32.4 Å². The maximum absolute atomic E-state index is 11.9. The summed E-state index contributed by atoms with van der Waals surface area (Å²) in [6, 6.07) is 8.87. The summed E-state index contributed by atoms with van der Waals surface area (Å²) in [6.07, 6.45) is 2.02. The molecule has 0 spiro atoms. The SMILES string of the molecule is Cn1nccc1C(=O)NCCc1nc(-c2cccc(Cl)c2)no1. The van der Waals surface area contributed by atoms with Crippen LogP contribution in [0.1, 0.15) is 16.4 Å². The number of nitrogens with zero attached hydrogens (tertiary/aromatic N) is 4. The summed E-state index contributed by atoms with van der Waals surface area (Å²) in [7, 11) is 1.71. The van der Waals surface area contributed by atoms with Crippen LogP contribution in [0.15, 0.2) is 41.1 Å². The van der Waals surface area contributed by atoms with Crippen LogP contribution in [0.5, 0.6) is 0 Å². The van der Waals surface area contributed by atoms with Gasteiger partial charge in [0.25, 0.3) is 5.91 Å². The van der Waals surface area contributed by atoms with Crippen LogP contribution >= 0.6 is 11.6 Å². The first-order valence-electron chi connectivity index (χ1n) is 6.98. The molecular formula is C15H14ClN5O2. The van der Waals surface area contributed by atoms with Gasteiger partial charge in [-0.3, -0.25) is 9.48 Å². The Balaban J connectivity index is 1.58. The number of rotatable bonds is 5. The molecule has 0 aliphatic heterocycles. The van der Waals surface area contributed by atoms with Crippen LogP contribution in [0.4, 0.5) is 0 Å². The minimum Gasteiger partial charge on any atom is -0.350 e. The number of hydrogen-bond acceptors (Lipinski definition) is 5. The zero-order valence-corrected chi connectivity index (χ0v) is 13.1. The van der Waals surface area contributed by atoms with E-state index < -0.39 is 0 Å². The Morgan fingerprint density at radius 2 is 2.26 bits per heavy atom. The maximum Gasteiger partial charge on any atom is 0.269 e. The lowest BCUT2D eigenvalue weighted by Crippen LogP contribution is -2.27. The molecule has 2 heterocycles. The van der Waals surface area contributed by atoms with Crippen molar-refractivity contribution in [3.63, 3.8) is 0 Å². The first kappa shape index (κ1) is 15.2. The van der Waals surface area contributed by atoms with Crippen molar-refractivity contribution in [1.29, 1.82) is 0 Å². The summed E-state index contributed by atoms with van der Waals surface area (Å²) in [6.45, 7) is 0.390. The number of carbonyl (C=O) groups excluding carboxylic acids is 1. The van der Waals surface area contributed by atoms with E-state index in [2.05, 4.69) is 20.6 Å². The van der Waals surface area contributed by atoms with Crippen LogP contribution in [0.3, 0.4) is 0 Å². The fraction of sp³-hybridized carbons (Fsp3) is 0.200. The van der Waals surface area contributed by atoms with Crippen molar-refractivity contribution in [3.05, 3.63) is 53.1 Å². The zero-order valence-electron chi connectivity index (χ0n) is 12.4. The first-order chi connectivity index (χ1) is 11.1. The number of benzene rings is 1. The largest absolute Gasteiger partial charge is 0.350 e. The van der Waals surface area contributed by atoms with Crippen LogP contribution in [0.2, 0.25) is 5.02 Å². The van der Waals surface area contributed by atoms with Gasteiger partial charge in [0.1, 0.15) is 5.69 Å². The Morgan fingerprint density at radius 3 is 3.00 bits per heavy atom. The van der Waals surface area contributed by atoms with Gasteiger partial charge in [0, 0.05) is 36.8 Å². The molecule has 8 heteroatoms. The second kappa shape index (κ2) is 6.62. The molecule has 7 nitrogen and oxygen atoms in total. The van der Waals surface area contributed by atoms with E-state index in [0.717, 1.165) is 5.56 Å². The van der Waals surface area contributed by atoms with Gasteiger partial charge < -0.3 is 9.84 Å². The van der Waals surface area contributed by atoms with Crippen molar-refractivity contribution in [2.45, 2.75) is 6.42 Å². The molecule has 0 radical (unpaired) electrons. The third-order valence-electron chi connectivity index (χ3n) is 3.23. The number of aryl methyl sites for hydroxylation is 1. The number of hydrogen-bond donors (Lipinski definition) is 1. The van der Waals surface area contributed by atoms with E-state index in [1.54, 1.807) is 31.4 Å². The number of aromatic nitrogens is 4. The number of carbonyl (C=O) groups is 1. The van der Waals surface area contributed by atoms with E-state index in [1.807, 2.05) is 12.1 Å². The molecule has 118 valence electrons. The fourth-order valence-electron chi connectivity index (χ4n) is 2.07. The summed E-state index contributed by atoms with van der Waals surface area (Å²) in [4.78, 5) is 16.2. The molecule has 0 atom stereocenters. The number of halogens is 1. The van der Waals surface area contributed by atoms with E-state index in [0.29, 0.717) is 35.4 Å². The Labute approximate surface area is 137 Å². The summed E-state index contributed by atoms with van der Waals surface area (Å²) in [5.74, 6) is 0.727. The van der Waals surface area contributed by atoms with E-state index in [-0.39, 0.29) is 5.91 Å². The Kier molecular flexibility index (Phi) is 4.38. The van der Waals surface area contributed by atoms with Gasteiger partial charge in [-0.05, 0) is 18.2 Å². The lowest BCUT2D eigenvalue weighted by atomic mass is 10.2. The molecule has 0 bridgehead atoms. The van der Waals surface area contributed by atoms with Crippen molar-refractivity contribution in [1.82, 2.24) is 25.2 Å². The molecule has 3 rings (SSSR count). The third kappa shape index (κ3) is 3.57. The van der Waals surface area contributed by atoms with Gasteiger partial charge >= 0.3 is 0 Å². The highest BCUT2D eigenvalue weighted by molar-refractivity contribution is 6.30. The van der Waals surface area contributed by atoms with Crippen molar-refractivity contribution in [2.24, 2.45) is 7.05 Å². The van der Waals surface area contributed by atoms with E-state index in [4.69, 9.17) is 16.1 Å². The predicted molar refractivity (Wildman–Crippen MR) is 84.0 cm³/mol. The van der Waals surface area contributed by atoms with Gasteiger partial charge in [0.15, 0.2) is 0 Å². The fourth-order valence-corrected chi connectivity index (χ4v) is 2.26. The highest BCUT2D eigenvalue weighted by Crippen LogP contribution is 2.19. The maximum atomic E-state index is 11.9. The van der Waals surface area contributed by atoms with E-state index >= 15 is 0 Å². The Hall–Kier alpha value is -2.67. The molecule has 0 fully saturated rings. The van der Waals surface area contributed by atoms with Gasteiger partial charge in [-0.15, -0.1) is 0 Å². The van der Waals surface area contributed by atoms with Gasteiger partial charge in [-0.2, -0.15) is 10.1 Å². The highest BCUT2D eigenvalue weighted by Gasteiger charge is 2.11. The van der Waals surface area contributed by atoms with Crippen molar-refractivity contribution in [2.75, 3.05) is 6.54 Å². The summed E-state index contributed by atoms with van der Waals surface area (Å²) >= 11 is 5.94. The second-order valence-corrected chi connectivity index (χ2v) is 5.30. The van der Waals surface area contributed by atoms with Crippen molar-refractivity contribution >= 4 is 17.5 Å². The van der Waals surface area contributed by atoms with E-state index in [1.165, 1.54) is 4.68 Å². The summed E-state index contributed by atoms with van der Waals surface area (Å²) < 4.78 is 6.70. The van der Waals surface area contributed by atoms with Gasteiger partial charge in [0.2, 0.25) is 11.7 Å². The van der Waals surface area contributed by atoms with Crippen LogP contribution in [0.25, 0.3) is 11.4 Å². The monoisotopic (exact) mass is 331 g/mol. The first-order valence-corrected chi connectivity index (χ1v) is 7.36. The quantitative estimate of drug-likeness (QED) is 0.773. The molecule has 3 aromatic rings. The molecule has 0 unspecified atom stereocenters. The molecule has 1 N–H and O–H groups in total. The molecule has 0 aliphatic carbocycles. The minimum atomic E-state index is -0.195. The average Bonchev–Trinajstić information content (AvgIpc) is 3.16. The Bertz CT molecular complexity index is 827. The molecule has 0 aliphatic rings. The molecular weight excluding hydrogens is 318 g/mol. The smallest absolute Gasteiger partial charge is 0.269 e. The summed E-state index contributed by atoms with van der Waals surface area (Å²) in [5, 5.41) is 11.3. The lowest BCUT2D eigenvalue weighted by Gasteiger charge is -2.03. The van der Waals surface area contributed by atoms with Crippen molar-refractivity contribution < 1.29 is 9.32 Å². The van der Waals surface area contributed by atoms with E-state index in [9.17, 15) is 4.79 Å². The average molecular weight is 332 g/mol. The lowest BCUT2D eigenvalue weighted by molar-refractivity contribution is 0.0944. The standard InChI is InChI=1S/C15H14ClN5O2/c1-21-12(5-8-18-21)15(22)17-7-6-13-19-14(20-23-13)10-3-2-4-11(16)9-10/h2-5,8-9H,6-7H2,1H3,(H,17,22). The normalized spacial score (nSPS) is 10.7.